The van der Waals surface area contributed by atoms with E-state index in [2.05, 4.69) is 20.8 Å². The molecule has 0 aromatic carbocycles. The number of amides is 1. The van der Waals surface area contributed by atoms with Crippen LogP contribution < -0.4 is 5.73 Å². The first-order chi connectivity index (χ1) is 8.02. The van der Waals surface area contributed by atoms with Crippen LogP contribution in [0.2, 0.25) is 0 Å². The number of likely N-dealkylation sites (tertiary alicyclic amines) is 1. The van der Waals surface area contributed by atoms with Crippen LogP contribution in [0.4, 0.5) is 0 Å². The highest BCUT2D eigenvalue weighted by molar-refractivity contribution is 5.76. The third-order valence-electron chi connectivity index (χ3n) is 3.47. The summed E-state index contributed by atoms with van der Waals surface area (Å²) in [6.45, 7) is 8.09. The predicted molar refractivity (Wildman–Crippen MR) is 71.6 cm³/mol. The minimum atomic E-state index is 0.182. The van der Waals surface area contributed by atoms with Crippen LogP contribution in [0.5, 0.6) is 0 Å². The summed E-state index contributed by atoms with van der Waals surface area (Å²) in [6.07, 6.45) is 5.45. The first-order valence-electron chi connectivity index (χ1n) is 7.06. The lowest BCUT2D eigenvalue weighted by Crippen LogP contribution is -2.49. The molecule has 0 aliphatic carbocycles. The lowest BCUT2D eigenvalue weighted by atomic mass is 9.90. The maximum absolute atomic E-state index is 12.0. The summed E-state index contributed by atoms with van der Waals surface area (Å²) in [5.41, 5.74) is 6.06. The molecule has 17 heavy (non-hydrogen) atoms. The summed E-state index contributed by atoms with van der Waals surface area (Å²) < 4.78 is 0. The molecule has 2 atom stereocenters. The van der Waals surface area contributed by atoms with Crippen molar-refractivity contribution in [1.29, 1.82) is 0 Å². The number of unbranched alkanes of at least 4 members (excludes halogenated alkanes) is 1. The lowest BCUT2D eigenvalue weighted by Gasteiger charge is -2.36. The number of nitrogens with two attached hydrogens (primary N) is 1. The smallest absolute Gasteiger partial charge is 0.222 e. The molecule has 0 spiro atoms. The van der Waals surface area contributed by atoms with Crippen molar-refractivity contribution in [3.8, 4) is 0 Å². The van der Waals surface area contributed by atoms with Crippen LogP contribution in [-0.2, 0) is 4.79 Å². The number of rotatable bonds is 5. The number of carbonyl (C=O) groups is 1. The van der Waals surface area contributed by atoms with Crippen molar-refractivity contribution < 1.29 is 4.79 Å². The van der Waals surface area contributed by atoms with Crippen molar-refractivity contribution >= 4 is 5.91 Å². The Hall–Kier alpha value is -0.570. The second-order valence-electron chi connectivity index (χ2n) is 5.90. The Bertz CT molecular complexity index is 240. The summed E-state index contributed by atoms with van der Waals surface area (Å²) >= 11 is 0. The SMILES string of the molecule is CCCCC1CC(N)CN(C(=O)CC(C)C)C1. The molecule has 1 aliphatic heterocycles. The van der Waals surface area contributed by atoms with Gasteiger partial charge in [0.05, 0.1) is 0 Å². The van der Waals surface area contributed by atoms with E-state index >= 15 is 0 Å². The van der Waals surface area contributed by atoms with E-state index in [0.29, 0.717) is 18.3 Å². The Labute approximate surface area is 106 Å². The van der Waals surface area contributed by atoms with Crippen LogP contribution in [0.3, 0.4) is 0 Å². The van der Waals surface area contributed by atoms with Crippen molar-refractivity contribution in [2.45, 2.75) is 58.9 Å². The molecular weight excluding hydrogens is 212 g/mol. The van der Waals surface area contributed by atoms with Crippen molar-refractivity contribution in [2.75, 3.05) is 13.1 Å². The fourth-order valence-electron chi connectivity index (χ4n) is 2.63. The van der Waals surface area contributed by atoms with Gasteiger partial charge in [0.15, 0.2) is 0 Å². The molecule has 1 heterocycles. The van der Waals surface area contributed by atoms with E-state index in [1.165, 1.54) is 19.3 Å². The van der Waals surface area contributed by atoms with Gasteiger partial charge in [0.1, 0.15) is 0 Å². The van der Waals surface area contributed by atoms with Gasteiger partial charge in [0.25, 0.3) is 0 Å². The highest BCUT2D eigenvalue weighted by Gasteiger charge is 2.27. The lowest BCUT2D eigenvalue weighted by molar-refractivity contribution is -0.134. The van der Waals surface area contributed by atoms with Crippen molar-refractivity contribution in [3.63, 3.8) is 0 Å². The van der Waals surface area contributed by atoms with Crippen LogP contribution in [0.1, 0.15) is 52.9 Å². The minimum absolute atomic E-state index is 0.182. The molecule has 0 aromatic rings. The van der Waals surface area contributed by atoms with Crippen molar-refractivity contribution in [1.82, 2.24) is 4.90 Å². The summed E-state index contributed by atoms with van der Waals surface area (Å²) in [5, 5.41) is 0. The van der Waals surface area contributed by atoms with E-state index in [1.807, 2.05) is 4.90 Å². The van der Waals surface area contributed by atoms with Gasteiger partial charge < -0.3 is 10.6 Å². The van der Waals surface area contributed by atoms with Gasteiger partial charge in [-0.2, -0.15) is 0 Å². The van der Waals surface area contributed by atoms with Crippen LogP contribution in [0.15, 0.2) is 0 Å². The molecule has 1 aliphatic rings. The largest absolute Gasteiger partial charge is 0.341 e. The second kappa shape index (κ2) is 7.00. The molecular formula is C14H28N2O. The van der Waals surface area contributed by atoms with Crippen molar-refractivity contribution in [2.24, 2.45) is 17.6 Å². The van der Waals surface area contributed by atoms with Gasteiger partial charge in [-0.25, -0.2) is 0 Å². The standard InChI is InChI=1S/C14H28N2O/c1-4-5-6-12-8-13(15)10-16(9-12)14(17)7-11(2)3/h11-13H,4-10,15H2,1-3H3. The van der Waals surface area contributed by atoms with Gasteiger partial charge in [0.2, 0.25) is 5.91 Å². The molecule has 0 saturated carbocycles. The average molecular weight is 240 g/mol. The normalized spacial score (nSPS) is 25.4. The number of carbonyl (C=O) groups excluding carboxylic acids is 1. The Morgan fingerprint density at radius 1 is 1.41 bits per heavy atom. The molecule has 1 saturated heterocycles. The second-order valence-corrected chi connectivity index (χ2v) is 5.90. The fraction of sp³-hybridized carbons (Fsp3) is 0.929. The zero-order valence-electron chi connectivity index (χ0n) is 11.6. The van der Waals surface area contributed by atoms with Crippen LogP contribution in [-0.4, -0.2) is 29.9 Å². The molecule has 2 unspecified atom stereocenters. The highest BCUT2D eigenvalue weighted by Crippen LogP contribution is 2.22. The highest BCUT2D eigenvalue weighted by atomic mass is 16.2. The van der Waals surface area contributed by atoms with E-state index in [0.717, 1.165) is 19.5 Å². The molecule has 0 radical (unpaired) electrons. The average Bonchev–Trinajstić information content (AvgIpc) is 2.24. The molecule has 1 rings (SSSR count). The molecule has 1 amide bonds. The van der Waals surface area contributed by atoms with Gasteiger partial charge in [-0.05, 0) is 24.7 Å². The quantitative estimate of drug-likeness (QED) is 0.802. The Morgan fingerprint density at radius 3 is 2.71 bits per heavy atom. The van der Waals surface area contributed by atoms with E-state index in [1.54, 1.807) is 0 Å². The predicted octanol–water partition coefficient (Wildman–Crippen LogP) is 2.40. The molecule has 1 fully saturated rings. The molecule has 3 heteroatoms. The summed E-state index contributed by atoms with van der Waals surface area (Å²) in [6, 6.07) is 0.182. The topological polar surface area (TPSA) is 46.3 Å². The number of hydrogen-bond acceptors (Lipinski definition) is 2. The van der Waals surface area contributed by atoms with Gasteiger partial charge in [0, 0.05) is 25.6 Å². The monoisotopic (exact) mass is 240 g/mol. The summed E-state index contributed by atoms with van der Waals surface area (Å²) in [5.74, 6) is 1.35. The summed E-state index contributed by atoms with van der Waals surface area (Å²) in [7, 11) is 0. The van der Waals surface area contributed by atoms with Gasteiger partial charge >= 0.3 is 0 Å². The third-order valence-corrected chi connectivity index (χ3v) is 3.47. The first-order valence-corrected chi connectivity index (χ1v) is 7.06. The van der Waals surface area contributed by atoms with E-state index < -0.39 is 0 Å². The maximum Gasteiger partial charge on any atom is 0.222 e. The molecule has 0 aromatic heterocycles. The van der Waals surface area contributed by atoms with Crippen molar-refractivity contribution in [3.05, 3.63) is 0 Å². The van der Waals surface area contributed by atoms with Gasteiger partial charge in [-0.15, -0.1) is 0 Å². The number of hydrogen-bond donors (Lipinski definition) is 1. The Morgan fingerprint density at radius 2 is 2.12 bits per heavy atom. The molecule has 2 N–H and O–H groups in total. The van der Waals surface area contributed by atoms with Crippen LogP contribution in [0.25, 0.3) is 0 Å². The van der Waals surface area contributed by atoms with Crippen LogP contribution in [0, 0.1) is 11.8 Å². The van der Waals surface area contributed by atoms with Gasteiger partial charge in [-0.3, -0.25) is 4.79 Å². The summed E-state index contributed by atoms with van der Waals surface area (Å²) in [4.78, 5) is 14.0. The Balaban J connectivity index is 2.46. The van der Waals surface area contributed by atoms with Crippen LogP contribution >= 0.6 is 0 Å². The van der Waals surface area contributed by atoms with Gasteiger partial charge in [-0.1, -0.05) is 33.6 Å². The van der Waals surface area contributed by atoms with E-state index in [9.17, 15) is 4.79 Å². The fourth-order valence-corrected chi connectivity index (χ4v) is 2.63. The molecule has 0 bridgehead atoms. The number of piperidine rings is 1. The zero-order valence-corrected chi connectivity index (χ0v) is 11.6. The Kier molecular flexibility index (Phi) is 5.96. The van der Waals surface area contributed by atoms with E-state index in [-0.39, 0.29) is 11.9 Å². The number of nitrogens with zero attached hydrogens (tertiary/aromatic N) is 1. The van der Waals surface area contributed by atoms with E-state index in [4.69, 9.17) is 5.73 Å². The first kappa shape index (κ1) is 14.5. The molecule has 100 valence electrons. The maximum atomic E-state index is 12.0. The zero-order chi connectivity index (χ0) is 12.8. The third kappa shape index (κ3) is 5.07. The molecule has 3 nitrogen and oxygen atoms in total. The minimum Gasteiger partial charge on any atom is -0.341 e.